The highest BCUT2D eigenvalue weighted by Crippen LogP contribution is 2.41. The van der Waals surface area contributed by atoms with Crippen molar-refractivity contribution < 1.29 is 0 Å². The minimum atomic E-state index is 0.276. The van der Waals surface area contributed by atoms with Crippen LogP contribution in [0.15, 0.2) is 97.1 Å². The first-order chi connectivity index (χ1) is 16.8. The lowest BCUT2D eigenvalue weighted by atomic mass is 10.0. The number of nitrogens with zero attached hydrogens (tertiary/aromatic N) is 1. The zero-order valence-corrected chi connectivity index (χ0v) is 18.6. The fourth-order valence-electron chi connectivity index (χ4n) is 6.07. The number of fused-ring (bicyclic) bond motifs is 9. The summed E-state index contributed by atoms with van der Waals surface area (Å²) in [6, 6.07) is 35.8. The number of aromatic nitrogens is 2. The molecular formula is C32H22N2. The van der Waals surface area contributed by atoms with E-state index in [1.54, 1.807) is 0 Å². The molecule has 1 atom stereocenters. The van der Waals surface area contributed by atoms with Crippen molar-refractivity contribution >= 4 is 66.5 Å². The highest BCUT2D eigenvalue weighted by atomic mass is 15.0. The van der Waals surface area contributed by atoms with Crippen LogP contribution in [0.2, 0.25) is 0 Å². The number of para-hydroxylation sites is 1. The van der Waals surface area contributed by atoms with E-state index in [4.69, 9.17) is 0 Å². The Balaban J connectivity index is 1.56. The molecule has 7 aromatic rings. The Labute approximate surface area is 196 Å². The number of aromatic amines is 1. The topological polar surface area (TPSA) is 20.7 Å². The zero-order valence-electron chi connectivity index (χ0n) is 18.6. The summed E-state index contributed by atoms with van der Waals surface area (Å²) in [7, 11) is 0. The SMILES string of the molecule is C1=c2ccccc2=CC(n2c3cc4[nH]c5ccccc5c4cc3c3c4ccccc4ccc32)C1. The Bertz CT molecular complexity index is 2050. The summed E-state index contributed by atoms with van der Waals surface area (Å²) < 4.78 is 2.56. The predicted molar refractivity (Wildman–Crippen MR) is 145 cm³/mol. The third-order valence-corrected chi connectivity index (χ3v) is 7.60. The Morgan fingerprint density at radius 1 is 0.618 bits per heavy atom. The summed E-state index contributed by atoms with van der Waals surface area (Å²) in [4.78, 5) is 3.67. The number of nitrogens with one attached hydrogen (secondary N) is 1. The molecule has 1 aliphatic carbocycles. The summed E-state index contributed by atoms with van der Waals surface area (Å²) in [5, 5.41) is 10.5. The smallest absolute Gasteiger partial charge is 0.0566 e. The third-order valence-electron chi connectivity index (χ3n) is 7.60. The Hall–Kier alpha value is -4.30. The number of H-pyrrole nitrogens is 1. The first-order valence-corrected chi connectivity index (χ1v) is 12.0. The minimum absolute atomic E-state index is 0.276. The van der Waals surface area contributed by atoms with E-state index < -0.39 is 0 Å². The first kappa shape index (κ1) is 18.2. The lowest BCUT2D eigenvalue weighted by Crippen LogP contribution is -2.29. The van der Waals surface area contributed by atoms with E-state index >= 15 is 0 Å². The van der Waals surface area contributed by atoms with Crippen molar-refractivity contribution in [3.05, 3.63) is 107 Å². The van der Waals surface area contributed by atoms with Crippen molar-refractivity contribution in [2.45, 2.75) is 12.5 Å². The van der Waals surface area contributed by atoms with Crippen molar-refractivity contribution in [2.75, 3.05) is 0 Å². The Morgan fingerprint density at radius 2 is 1.41 bits per heavy atom. The van der Waals surface area contributed by atoms with Gasteiger partial charge in [-0.3, -0.25) is 0 Å². The van der Waals surface area contributed by atoms with Gasteiger partial charge in [-0.1, -0.05) is 84.9 Å². The predicted octanol–water partition coefficient (Wildman–Crippen LogP) is 6.79. The average Bonchev–Trinajstić information content (AvgIpc) is 3.42. The molecule has 1 aliphatic rings. The van der Waals surface area contributed by atoms with Crippen LogP contribution < -0.4 is 10.4 Å². The maximum Gasteiger partial charge on any atom is 0.0566 e. The lowest BCUT2D eigenvalue weighted by molar-refractivity contribution is 0.695. The molecule has 160 valence electrons. The van der Waals surface area contributed by atoms with Gasteiger partial charge in [0.2, 0.25) is 0 Å². The summed E-state index contributed by atoms with van der Waals surface area (Å²) in [6.45, 7) is 0. The van der Waals surface area contributed by atoms with Crippen LogP contribution in [0.5, 0.6) is 0 Å². The van der Waals surface area contributed by atoms with Crippen molar-refractivity contribution in [2.24, 2.45) is 0 Å². The Morgan fingerprint density at radius 3 is 2.35 bits per heavy atom. The average molecular weight is 435 g/mol. The van der Waals surface area contributed by atoms with Crippen LogP contribution in [-0.2, 0) is 0 Å². The van der Waals surface area contributed by atoms with Gasteiger partial charge in [0.1, 0.15) is 0 Å². The van der Waals surface area contributed by atoms with Gasteiger partial charge in [0.25, 0.3) is 0 Å². The summed E-state index contributed by atoms with van der Waals surface area (Å²) in [6.07, 6.45) is 5.83. The van der Waals surface area contributed by atoms with E-state index in [-0.39, 0.29) is 6.04 Å². The van der Waals surface area contributed by atoms with Crippen LogP contribution in [0, 0.1) is 0 Å². The highest BCUT2D eigenvalue weighted by Gasteiger charge is 2.20. The third kappa shape index (κ3) is 2.40. The Kier molecular flexibility index (Phi) is 3.53. The zero-order chi connectivity index (χ0) is 22.2. The van der Waals surface area contributed by atoms with Crippen LogP contribution in [-0.4, -0.2) is 9.55 Å². The second-order valence-corrected chi connectivity index (χ2v) is 9.44. The minimum Gasteiger partial charge on any atom is -0.354 e. The van der Waals surface area contributed by atoms with Crippen LogP contribution >= 0.6 is 0 Å². The van der Waals surface area contributed by atoms with Gasteiger partial charge in [0.05, 0.1) is 17.1 Å². The molecule has 2 heterocycles. The highest BCUT2D eigenvalue weighted by molar-refractivity contribution is 6.24. The van der Waals surface area contributed by atoms with E-state index in [0.717, 1.165) is 6.42 Å². The monoisotopic (exact) mass is 434 g/mol. The fourth-order valence-corrected chi connectivity index (χ4v) is 6.07. The molecule has 2 heteroatoms. The molecular weight excluding hydrogens is 412 g/mol. The maximum absolute atomic E-state index is 3.67. The molecule has 0 saturated carbocycles. The van der Waals surface area contributed by atoms with E-state index in [1.165, 1.54) is 64.8 Å². The van der Waals surface area contributed by atoms with E-state index in [0.29, 0.717) is 0 Å². The molecule has 0 spiro atoms. The van der Waals surface area contributed by atoms with Gasteiger partial charge in [0.15, 0.2) is 0 Å². The first-order valence-electron chi connectivity index (χ1n) is 12.0. The van der Waals surface area contributed by atoms with Crippen molar-refractivity contribution in [1.29, 1.82) is 0 Å². The standard InChI is InChI=1S/C32H22N2/c1-2-9-22-17-23(15-13-20(22)7-1)34-30-16-14-21-8-3-4-10-24(21)32(30)27-18-26-25-11-5-6-12-28(25)33-29(26)19-31(27)34/h1-14,16-19,23,33H,15H2. The molecule has 0 aliphatic heterocycles. The number of benzene rings is 5. The lowest BCUT2D eigenvalue weighted by Gasteiger charge is -2.19. The van der Waals surface area contributed by atoms with E-state index in [1.807, 2.05) is 0 Å². The van der Waals surface area contributed by atoms with Gasteiger partial charge in [-0.25, -0.2) is 0 Å². The van der Waals surface area contributed by atoms with Gasteiger partial charge in [-0.05, 0) is 51.9 Å². The molecule has 1 N–H and O–H groups in total. The molecule has 8 rings (SSSR count). The van der Waals surface area contributed by atoms with Crippen LogP contribution in [0.1, 0.15) is 12.5 Å². The number of rotatable bonds is 1. The summed E-state index contributed by atoms with van der Waals surface area (Å²) in [5.74, 6) is 0. The van der Waals surface area contributed by atoms with Crippen LogP contribution in [0.4, 0.5) is 0 Å². The van der Waals surface area contributed by atoms with Crippen molar-refractivity contribution in [3.63, 3.8) is 0 Å². The second kappa shape index (κ2) is 6.61. The van der Waals surface area contributed by atoms with Gasteiger partial charge < -0.3 is 9.55 Å². The molecule has 2 aromatic heterocycles. The van der Waals surface area contributed by atoms with Crippen molar-refractivity contribution in [3.8, 4) is 0 Å². The molecule has 0 radical (unpaired) electrons. The molecule has 1 unspecified atom stereocenters. The quantitative estimate of drug-likeness (QED) is 0.294. The van der Waals surface area contributed by atoms with E-state index in [2.05, 4.69) is 119 Å². The van der Waals surface area contributed by atoms with Crippen LogP contribution in [0.25, 0.3) is 66.5 Å². The molecule has 5 aromatic carbocycles. The molecule has 0 bridgehead atoms. The summed E-state index contributed by atoms with van der Waals surface area (Å²) in [5.41, 5.74) is 4.98. The van der Waals surface area contributed by atoms with Crippen LogP contribution in [0.3, 0.4) is 0 Å². The number of hydrogen-bond donors (Lipinski definition) is 1. The normalized spacial score (nSPS) is 15.7. The second-order valence-electron chi connectivity index (χ2n) is 9.44. The molecule has 0 fully saturated rings. The van der Waals surface area contributed by atoms with Gasteiger partial charge in [-0.15, -0.1) is 0 Å². The molecule has 0 saturated heterocycles. The largest absolute Gasteiger partial charge is 0.354 e. The van der Waals surface area contributed by atoms with E-state index in [9.17, 15) is 0 Å². The summed E-state index contributed by atoms with van der Waals surface area (Å²) >= 11 is 0. The maximum atomic E-state index is 3.67. The fraction of sp³-hybridized carbons (Fsp3) is 0.0625. The molecule has 34 heavy (non-hydrogen) atoms. The number of hydrogen-bond acceptors (Lipinski definition) is 0. The molecule has 0 amide bonds. The van der Waals surface area contributed by atoms with Gasteiger partial charge in [0, 0.05) is 32.6 Å². The van der Waals surface area contributed by atoms with Gasteiger partial charge >= 0.3 is 0 Å². The molecule has 2 nitrogen and oxygen atoms in total. The van der Waals surface area contributed by atoms with Gasteiger partial charge in [-0.2, -0.15) is 0 Å². The van der Waals surface area contributed by atoms with Crippen molar-refractivity contribution in [1.82, 2.24) is 9.55 Å².